The van der Waals surface area contributed by atoms with E-state index >= 15 is 0 Å². The first kappa shape index (κ1) is 22.4. The summed E-state index contributed by atoms with van der Waals surface area (Å²) in [4.78, 5) is 30.8. The number of benzene rings is 1. The summed E-state index contributed by atoms with van der Waals surface area (Å²) in [5.74, 6) is -2.43. The third kappa shape index (κ3) is 5.05. The predicted molar refractivity (Wildman–Crippen MR) is 111 cm³/mol. The van der Waals surface area contributed by atoms with Crippen LogP contribution in [0.1, 0.15) is 41.9 Å². The normalized spacial score (nSPS) is 18.2. The molecule has 2 unspecified atom stereocenters. The monoisotopic (exact) mass is 431 g/mol. The van der Waals surface area contributed by atoms with Gasteiger partial charge in [-0.2, -0.15) is 4.39 Å². The van der Waals surface area contributed by atoms with E-state index in [4.69, 9.17) is 10.5 Å². The average Bonchev–Trinajstić information content (AvgIpc) is 2.76. The minimum Gasteiger partial charge on any atom is -0.494 e. The van der Waals surface area contributed by atoms with E-state index < -0.39 is 17.5 Å². The van der Waals surface area contributed by atoms with Crippen LogP contribution in [-0.2, 0) is 4.74 Å². The van der Waals surface area contributed by atoms with Crippen molar-refractivity contribution >= 4 is 16.8 Å². The van der Waals surface area contributed by atoms with Gasteiger partial charge in [-0.3, -0.25) is 14.6 Å². The van der Waals surface area contributed by atoms with Gasteiger partial charge in [-0.1, -0.05) is 6.07 Å². The summed E-state index contributed by atoms with van der Waals surface area (Å²) in [6.07, 6.45) is 3.67. The lowest BCUT2D eigenvalue weighted by Crippen LogP contribution is -2.24. The van der Waals surface area contributed by atoms with Crippen molar-refractivity contribution < 1.29 is 23.0 Å². The summed E-state index contributed by atoms with van der Waals surface area (Å²) in [5.41, 5.74) is 6.46. The number of hydrogen-bond acceptors (Lipinski definition) is 5. The van der Waals surface area contributed by atoms with Crippen molar-refractivity contribution in [1.29, 1.82) is 0 Å². The number of ether oxygens (including phenoxy) is 2. The van der Waals surface area contributed by atoms with Crippen LogP contribution in [0, 0.1) is 11.6 Å². The number of H-pyrrole nitrogens is 1. The standard InChI is InChI=1S/C15H17N3O3.C7H6F2O/c1-8-2-3-9(7-21-8)11-6-12(19)13-10(18-11)4-5-17-14(13)15(16)20;1-10-6-4-2-3-5(8)7(6)9/h4-6,8-9H,2-3,7H2,1H3,(H2,16,20)(H,18,19);2-4H,1H3. The van der Waals surface area contributed by atoms with Gasteiger partial charge >= 0.3 is 0 Å². The number of halogens is 2. The number of aromatic nitrogens is 2. The molecule has 0 spiro atoms. The number of carbonyl (C=O) groups is 1. The lowest BCUT2D eigenvalue weighted by atomic mass is 9.95. The van der Waals surface area contributed by atoms with Gasteiger partial charge in [-0.15, -0.1) is 0 Å². The summed E-state index contributed by atoms with van der Waals surface area (Å²) in [6.45, 7) is 2.64. The van der Waals surface area contributed by atoms with Crippen LogP contribution < -0.4 is 15.9 Å². The van der Waals surface area contributed by atoms with Gasteiger partial charge in [-0.05, 0) is 38.0 Å². The van der Waals surface area contributed by atoms with Crippen LogP contribution in [-0.4, -0.2) is 35.7 Å². The molecule has 0 aliphatic carbocycles. The molecule has 1 aromatic carbocycles. The van der Waals surface area contributed by atoms with Crippen molar-refractivity contribution in [3.63, 3.8) is 0 Å². The number of pyridine rings is 2. The van der Waals surface area contributed by atoms with E-state index in [-0.39, 0.29) is 34.3 Å². The molecule has 164 valence electrons. The lowest BCUT2D eigenvalue weighted by molar-refractivity contribution is 0.0147. The summed E-state index contributed by atoms with van der Waals surface area (Å²) in [7, 11) is 1.29. The maximum atomic E-state index is 12.5. The second-order valence-corrected chi connectivity index (χ2v) is 7.21. The fraction of sp³-hybridized carbons (Fsp3) is 0.318. The van der Waals surface area contributed by atoms with Crippen molar-refractivity contribution in [3.05, 3.63) is 69.8 Å². The summed E-state index contributed by atoms with van der Waals surface area (Å²) in [5, 5.41) is 0.249. The van der Waals surface area contributed by atoms with Gasteiger partial charge in [-0.25, -0.2) is 4.39 Å². The minimum atomic E-state index is -0.940. The fourth-order valence-electron chi connectivity index (χ4n) is 3.40. The maximum absolute atomic E-state index is 12.5. The number of amides is 1. The number of nitrogens with zero attached hydrogens (tertiary/aromatic N) is 1. The van der Waals surface area contributed by atoms with E-state index in [1.54, 1.807) is 6.07 Å². The summed E-state index contributed by atoms with van der Waals surface area (Å²) in [6, 6.07) is 6.99. The van der Waals surface area contributed by atoms with Crippen LogP contribution in [0.2, 0.25) is 0 Å². The first-order valence-electron chi connectivity index (χ1n) is 9.73. The van der Waals surface area contributed by atoms with Gasteiger partial charge in [0.15, 0.2) is 17.0 Å². The Morgan fingerprint density at radius 2 is 2.06 bits per heavy atom. The third-order valence-electron chi connectivity index (χ3n) is 5.08. The Bertz CT molecular complexity index is 1140. The Morgan fingerprint density at radius 1 is 1.29 bits per heavy atom. The molecule has 3 aromatic rings. The second-order valence-electron chi connectivity index (χ2n) is 7.21. The molecule has 1 aliphatic heterocycles. The number of carbonyl (C=O) groups excluding carboxylic acids is 1. The molecule has 3 heterocycles. The van der Waals surface area contributed by atoms with Gasteiger partial charge in [0.05, 0.1) is 30.7 Å². The molecule has 4 rings (SSSR count). The van der Waals surface area contributed by atoms with Crippen LogP contribution in [0.15, 0.2) is 41.3 Å². The van der Waals surface area contributed by atoms with Crippen LogP contribution in [0.3, 0.4) is 0 Å². The van der Waals surface area contributed by atoms with E-state index in [2.05, 4.69) is 14.7 Å². The Labute approximate surface area is 177 Å². The average molecular weight is 431 g/mol. The van der Waals surface area contributed by atoms with Gasteiger partial charge in [0.2, 0.25) is 5.82 Å². The topological polar surface area (TPSA) is 107 Å². The molecule has 1 amide bonds. The summed E-state index contributed by atoms with van der Waals surface area (Å²) < 4.78 is 35.0. The number of methoxy groups -OCH3 is 1. The highest BCUT2D eigenvalue weighted by molar-refractivity contribution is 6.03. The molecule has 9 heteroatoms. The van der Waals surface area contributed by atoms with Crippen LogP contribution >= 0.6 is 0 Å². The molecular weight excluding hydrogens is 408 g/mol. The molecule has 31 heavy (non-hydrogen) atoms. The van der Waals surface area contributed by atoms with Crippen molar-refractivity contribution in [2.24, 2.45) is 5.73 Å². The van der Waals surface area contributed by atoms with E-state index in [1.807, 2.05) is 6.92 Å². The second kappa shape index (κ2) is 9.65. The van der Waals surface area contributed by atoms with E-state index in [1.165, 1.54) is 31.5 Å². The van der Waals surface area contributed by atoms with Crippen LogP contribution in [0.25, 0.3) is 10.9 Å². The number of aromatic amines is 1. The highest BCUT2D eigenvalue weighted by Gasteiger charge is 2.22. The van der Waals surface area contributed by atoms with Gasteiger partial charge in [0.1, 0.15) is 5.69 Å². The Kier molecular flexibility index (Phi) is 6.96. The van der Waals surface area contributed by atoms with Crippen molar-refractivity contribution in [3.8, 4) is 5.75 Å². The molecule has 0 radical (unpaired) electrons. The maximum Gasteiger partial charge on any atom is 0.268 e. The highest BCUT2D eigenvalue weighted by Crippen LogP contribution is 2.27. The van der Waals surface area contributed by atoms with Gasteiger partial charge in [0.25, 0.3) is 5.91 Å². The minimum absolute atomic E-state index is 0.00816. The smallest absolute Gasteiger partial charge is 0.268 e. The molecular formula is C22H23F2N3O4. The largest absolute Gasteiger partial charge is 0.494 e. The SMILES string of the molecule is CC1CCC(c2cc(=O)c3c(C(N)=O)nccc3[nH]2)CO1.COc1cccc(F)c1F. The summed E-state index contributed by atoms with van der Waals surface area (Å²) >= 11 is 0. The number of nitrogens with two attached hydrogens (primary N) is 1. The van der Waals surface area contributed by atoms with Gasteiger partial charge < -0.3 is 20.2 Å². The molecule has 2 aromatic heterocycles. The third-order valence-corrected chi connectivity index (χ3v) is 5.08. The molecule has 3 N–H and O–H groups in total. The Hall–Kier alpha value is -3.33. The number of fused-ring (bicyclic) bond motifs is 1. The first-order chi connectivity index (χ1) is 14.8. The molecule has 0 bridgehead atoms. The van der Waals surface area contributed by atoms with E-state index in [0.717, 1.165) is 24.6 Å². The number of primary amides is 1. The zero-order valence-electron chi connectivity index (χ0n) is 17.2. The Morgan fingerprint density at radius 3 is 2.68 bits per heavy atom. The zero-order valence-corrected chi connectivity index (χ0v) is 17.2. The highest BCUT2D eigenvalue weighted by atomic mass is 19.2. The van der Waals surface area contributed by atoms with E-state index in [0.29, 0.717) is 12.1 Å². The molecule has 0 saturated carbocycles. The number of rotatable bonds is 3. The van der Waals surface area contributed by atoms with Crippen LogP contribution in [0.4, 0.5) is 8.78 Å². The number of nitrogens with one attached hydrogen (secondary N) is 1. The van der Waals surface area contributed by atoms with Gasteiger partial charge in [0, 0.05) is 23.9 Å². The molecule has 2 atom stereocenters. The van der Waals surface area contributed by atoms with E-state index in [9.17, 15) is 18.4 Å². The van der Waals surface area contributed by atoms with Crippen LogP contribution in [0.5, 0.6) is 5.75 Å². The first-order valence-corrected chi connectivity index (χ1v) is 9.73. The molecule has 1 fully saturated rings. The lowest BCUT2D eigenvalue weighted by Gasteiger charge is -2.27. The molecule has 7 nitrogen and oxygen atoms in total. The molecule has 1 aliphatic rings. The molecule has 1 saturated heterocycles. The van der Waals surface area contributed by atoms with Crippen molar-refractivity contribution in [2.75, 3.05) is 13.7 Å². The Balaban J connectivity index is 0.000000229. The van der Waals surface area contributed by atoms with Crippen molar-refractivity contribution in [1.82, 2.24) is 9.97 Å². The quantitative estimate of drug-likeness (QED) is 0.662. The fourth-order valence-corrected chi connectivity index (χ4v) is 3.40. The van der Waals surface area contributed by atoms with Crippen molar-refractivity contribution in [2.45, 2.75) is 31.8 Å². The number of hydrogen-bond donors (Lipinski definition) is 2. The zero-order chi connectivity index (χ0) is 22.5. The predicted octanol–water partition coefficient (Wildman–Crippen LogP) is 3.28.